The third-order valence-corrected chi connectivity index (χ3v) is 16.3. The molecule has 0 N–H and O–H groups in total. The Morgan fingerprint density at radius 2 is 0.645 bits per heavy atom. The highest BCUT2D eigenvalue weighted by molar-refractivity contribution is 7.00. The zero-order valence-electron chi connectivity index (χ0n) is 41.5. The number of benzene rings is 12. The van der Waals surface area contributed by atoms with Crippen molar-refractivity contribution in [3.63, 3.8) is 0 Å². The van der Waals surface area contributed by atoms with E-state index in [2.05, 4.69) is 293 Å². The maximum absolute atomic E-state index is 2.62. The summed E-state index contributed by atoms with van der Waals surface area (Å²) in [4.78, 5) is 5.25. The maximum atomic E-state index is 2.62. The first-order valence-corrected chi connectivity index (χ1v) is 26.4. The van der Waals surface area contributed by atoms with E-state index < -0.39 is 0 Å². The summed E-state index contributed by atoms with van der Waals surface area (Å²) in [6.45, 7) is -0.0659. The van der Waals surface area contributed by atoms with Crippen LogP contribution in [0.1, 0.15) is 0 Å². The van der Waals surface area contributed by atoms with E-state index in [-0.39, 0.29) is 6.71 Å². The molecule has 0 saturated carbocycles. The van der Waals surface area contributed by atoms with Crippen LogP contribution in [0.15, 0.2) is 279 Å². The Kier molecular flexibility index (Phi) is 9.43. The molecule has 2 aliphatic rings. The minimum Gasteiger partial charge on any atom is -0.310 e. The van der Waals surface area contributed by atoms with Gasteiger partial charge < -0.3 is 14.2 Å². The molecular weight excluding hydrogens is 918 g/mol. The predicted molar refractivity (Wildman–Crippen MR) is 322 cm³/mol. The standard InChI is InChI=1S/C72H46BN3/c1-5-22-47(23-6-1)53-31-19-32-54(48-24-7-2-8-25-48)70(53)75-65-40-17-14-37-61(65)73-62-38-15-18-41-66(62)76(71-55(49-26-9-3-10-27-49)33-20-34-56(71)50-28-11-4-12-29-50)68-46-52(45-67(75)69(68)73)51-42-43-64-60(44-51)59-36-21-35-58-57-30-13-16-39-63(57)74(64)72(58)59/h1-46H. The Morgan fingerprint density at radius 3 is 1.14 bits per heavy atom. The van der Waals surface area contributed by atoms with Crippen LogP contribution in [0.2, 0.25) is 0 Å². The van der Waals surface area contributed by atoms with Gasteiger partial charge in [-0.2, -0.15) is 0 Å². The van der Waals surface area contributed by atoms with Crippen molar-refractivity contribution < 1.29 is 0 Å². The van der Waals surface area contributed by atoms with Crippen molar-refractivity contribution in [3.8, 4) is 55.6 Å². The number of fused-ring (bicyclic) bond motifs is 10. The lowest BCUT2D eigenvalue weighted by molar-refractivity contribution is 1.25. The fourth-order valence-electron chi connectivity index (χ4n) is 13.1. The van der Waals surface area contributed by atoms with Gasteiger partial charge in [0.2, 0.25) is 0 Å². The monoisotopic (exact) mass is 963 g/mol. The summed E-state index contributed by atoms with van der Waals surface area (Å²) in [6, 6.07) is 104. The summed E-state index contributed by atoms with van der Waals surface area (Å²) in [5.41, 5.74) is 26.2. The minimum atomic E-state index is -0.0659. The molecule has 0 unspecified atom stereocenters. The molecule has 76 heavy (non-hydrogen) atoms. The molecule has 12 aromatic carbocycles. The van der Waals surface area contributed by atoms with Gasteiger partial charge in [0, 0.05) is 66.5 Å². The average molecular weight is 964 g/mol. The van der Waals surface area contributed by atoms with Crippen molar-refractivity contribution in [2.75, 3.05) is 9.80 Å². The van der Waals surface area contributed by atoms with Crippen molar-refractivity contribution in [2.24, 2.45) is 0 Å². The topological polar surface area (TPSA) is 10.9 Å². The highest BCUT2D eigenvalue weighted by Gasteiger charge is 2.45. The normalized spacial score (nSPS) is 12.7. The molecule has 0 saturated heterocycles. The molecule has 0 fully saturated rings. The van der Waals surface area contributed by atoms with E-state index in [0.29, 0.717) is 0 Å². The smallest absolute Gasteiger partial charge is 0.252 e. The first-order chi connectivity index (χ1) is 37.8. The van der Waals surface area contributed by atoms with E-state index in [0.717, 1.165) is 28.3 Å². The third-order valence-electron chi connectivity index (χ3n) is 16.3. The second kappa shape index (κ2) is 16.8. The lowest BCUT2D eigenvalue weighted by Gasteiger charge is -2.45. The molecule has 352 valence electrons. The van der Waals surface area contributed by atoms with E-state index in [1.807, 2.05) is 0 Å². The molecule has 0 spiro atoms. The number of rotatable bonds is 7. The van der Waals surface area contributed by atoms with E-state index in [9.17, 15) is 0 Å². The Morgan fingerprint density at radius 1 is 0.250 bits per heavy atom. The van der Waals surface area contributed by atoms with Gasteiger partial charge in [0.15, 0.2) is 0 Å². The SMILES string of the molecule is c1ccc(-c2cccc(-c3ccccc3)c2N2c3ccccc3B3c4ccccc4N(c4c(-c5ccccc5)cccc4-c4ccccc4)c4cc(-c5ccc6c(c5)c5cccc7c8ccccc8n6c75)cc2c43)cc1. The summed E-state index contributed by atoms with van der Waals surface area (Å²) in [5.74, 6) is 0. The minimum absolute atomic E-state index is 0.0659. The molecule has 4 heteroatoms. The molecule has 2 aliphatic heterocycles. The molecule has 0 amide bonds. The van der Waals surface area contributed by atoms with Gasteiger partial charge in [-0.15, -0.1) is 0 Å². The Hall–Kier alpha value is -9.90. The van der Waals surface area contributed by atoms with E-state index in [4.69, 9.17) is 0 Å². The van der Waals surface area contributed by atoms with E-state index in [1.54, 1.807) is 0 Å². The number of nitrogens with zero attached hydrogens (tertiary/aromatic N) is 3. The van der Waals surface area contributed by atoms with Crippen LogP contribution in [0.4, 0.5) is 34.1 Å². The second-order valence-electron chi connectivity index (χ2n) is 20.3. The van der Waals surface area contributed by atoms with Gasteiger partial charge in [0.1, 0.15) is 0 Å². The van der Waals surface area contributed by atoms with Crippen molar-refractivity contribution in [3.05, 3.63) is 279 Å². The lowest BCUT2D eigenvalue weighted by atomic mass is 9.33. The van der Waals surface area contributed by atoms with Crippen LogP contribution >= 0.6 is 0 Å². The zero-order chi connectivity index (χ0) is 49.8. The molecule has 0 bridgehead atoms. The largest absolute Gasteiger partial charge is 0.310 e. The molecule has 2 aromatic heterocycles. The van der Waals surface area contributed by atoms with E-state index >= 15 is 0 Å². The molecule has 14 aromatic rings. The molecule has 16 rings (SSSR count). The number of hydrogen-bond acceptors (Lipinski definition) is 2. The van der Waals surface area contributed by atoms with Gasteiger partial charge in [-0.1, -0.05) is 237 Å². The Bertz CT molecular complexity index is 4270. The summed E-state index contributed by atoms with van der Waals surface area (Å²) >= 11 is 0. The van der Waals surface area contributed by atoms with Crippen LogP contribution in [-0.4, -0.2) is 11.1 Å². The van der Waals surface area contributed by atoms with E-state index in [1.165, 1.54) is 116 Å². The first kappa shape index (κ1) is 42.6. The zero-order valence-corrected chi connectivity index (χ0v) is 41.5. The number of anilines is 6. The molecule has 4 heterocycles. The first-order valence-electron chi connectivity index (χ1n) is 26.4. The van der Waals surface area contributed by atoms with Crippen LogP contribution in [0.3, 0.4) is 0 Å². The fraction of sp³-hybridized carbons (Fsp3) is 0. The Balaban J connectivity index is 1.06. The van der Waals surface area contributed by atoms with Gasteiger partial charge in [-0.05, 0) is 92.2 Å². The van der Waals surface area contributed by atoms with Crippen LogP contribution in [0, 0.1) is 0 Å². The molecular formula is C72H46BN3. The third kappa shape index (κ3) is 6.25. The highest BCUT2D eigenvalue weighted by Crippen LogP contribution is 2.53. The quantitative estimate of drug-likeness (QED) is 0.147. The number of hydrogen-bond donors (Lipinski definition) is 0. The maximum Gasteiger partial charge on any atom is 0.252 e. The van der Waals surface area contributed by atoms with Crippen molar-refractivity contribution in [2.45, 2.75) is 0 Å². The lowest BCUT2D eigenvalue weighted by Crippen LogP contribution is -2.61. The summed E-state index contributed by atoms with van der Waals surface area (Å²) < 4.78 is 2.48. The van der Waals surface area contributed by atoms with Gasteiger partial charge in [0.25, 0.3) is 6.71 Å². The molecule has 3 nitrogen and oxygen atoms in total. The van der Waals surface area contributed by atoms with Crippen molar-refractivity contribution >= 4 is 95.3 Å². The molecule has 0 atom stereocenters. The predicted octanol–water partition coefficient (Wildman–Crippen LogP) is 17.3. The average Bonchev–Trinajstić information content (AvgIpc) is 4.17. The van der Waals surface area contributed by atoms with Crippen LogP contribution in [-0.2, 0) is 0 Å². The summed E-state index contributed by atoms with van der Waals surface area (Å²) in [7, 11) is 0. The Labute approximate surface area is 441 Å². The van der Waals surface area contributed by atoms with Gasteiger partial charge in [-0.25, -0.2) is 0 Å². The fourth-order valence-corrected chi connectivity index (χ4v) is 13.1. The summed E-state index contributed by atoms with van der Waals surface area (Å²) in [6.07, 6.45) is 0. The second-order valence-corrected chi connectivity index (χ2v) is 20.3. The van der Waals surface area contributed by atoms with Gasteiger partial charge in [0.05, 0.1) is 27.9 Å². The molecule has 0 aliphatic carbocycles. The highest BCUT2D eigenvalue weighted by atomic mass is 15.2. The van der Waals surface area contributed by atoms with Gasteiger partial charge in [-0.3, -0.25) is 0 Å². The summed E-state index contributed by atoms with van der Waals surface area (Å²) in [5, 5.41) is 5.09. The molecule has 0 radical (unpaired) electrons. The number of aromatic nitrogens is 1. The van der Waals surface area contributed by atoms with Crippen molar-refractivity contribution in [1.29, 1.82) is 0 Å². The number of para-hydroxylation sites is 6. The van der Waals surface area contributed by atoms with Crippen LogP contribution in [0.25, 0.3) is 93.7 Å². The van der Waals surface area contributed by atoms with Crippen molar-refractivity contribution in [1.82, 2.24) is 4.40 Å². The van der Waals surface area contributed by atoms with Crippen LogP contribution < -0.4 is 26.2 Å². The van der Waals surface area contributed by atoms with Gasteiger partial charge >= 0.3 is 0 Å². The van der Waals surface area contributed by atoms with Crippen LogP contribution in [0.5, 0.6) is 0 Å².